The highest BCUT2D eigenvalue weighted by atomic mass is 35.5. The summed E-state index contributed by atoms with van der Waals surface area (Å²) in [5.74, 6) is -0.0579. The molecule has 106 valence electrons. The van der Waals surface area contributed by atoms with Crippen molar-refractivity contribution in [1.29, 1.82) is 0 Å². The Balaban J connectivity index is 2.11. The van der Waals surface area contributed by atoms with Gasteiger partial charge in [0, 0.05) is 18.6 Å². The van der Waals surface area contributed by atoms with E-state index < -0.39 is 0 Å². The number of rotatable bonds is 4. The summed E-state index contributed by atoms with van der Waals surface area (Å²) in [7, 11) is 0. The molecule has 1 saturated heterocycles. The number of nitrogens with zero attached hydrogens (tertiary/aromatic N) is 1. The molecule has 1 aliphatic heterocycles. The number of hydrogen-bond donors (Lipinski definition) is 2. The smallest absolute Gasteiger partial charge is 0.270 e. The first kappa shape index (κ1) is 14.7. The molecule has 1 aromatic heterocycles. The van der Waals surface area contributed by atoms with E-state index in [0.29, 0.717) is 28.5 Å². The Morgan fingerprint density at radius 2 is 2.26 bits per heavy atom. The van der Waals surface area contributed by atoms with Crippen molar-refractivity contribution < 1.29 is 4.79 Å². The Kier molecular flexibility index (Phi) is 4.76. The average molecular weight is 304 g/mol. The minimum Gasteiger partial charge on any atom is -0.340 e. The molecule has 0 aliphatic carbocycles. The summed E-state index contributed by atoms with van der Waals surface area (Å²) in [4.78, 5) is 17.2. The van der Waals surface area contributed by atoms with Crippen LogP contribution < -0.4 is 5.32 Å². The van der Waals surface area contributed by atoms with Crippen LogP contribution in [0.25, 0.3) is 0 Å². The van der Waals surface area contributed by atoms with Crippen molar-refractivity contribution >= 4 is 29.1 Å². The van der Waals surface area contributed by atoms with E-state index in [1.54, 1.807) is 6.07 Å². The second-order valence-electron chi connectivity index (χ2n) is 5.19. The van der Waals surface area contributed by atoms with Gasteiger partial charge in [0.1, 0.15) is 10.8 Å². The van der Waals surface area contributed by atoms with Crippen molar-refractivity contribution in [3.63, 3.8) is 0 Å². The summed E-state index contributed by atoms with van der Waals surface area (Å²) in [6.07, 6.45) is 2.29. The minimum absolute atomic E-state index is 0.0579. The normalized spacial score (nSPS) is 19.1. The van der Waals surface area contributed by atoms with Crippen LogP contribution in [0.2, 0.25) is 10.2 Å². The molecule has 0 radical (unpaired) electrons. The van der Waals surface area contributed by atoms with Gasteiger partial charge in [-0.25, -0.2) is 0 Å². The molecular weight excluding hydrogens is 285 g/mol. The lowest BCUT2D eigenvalue weighted by atomic mass is 10.2. The molecule has 2 heterocycles. The standard InChI is InChI=1S/C13H19Cl2N3O/c1-8(2)18(7-9-4-3-5-16-9)13(19)11-6-10(14)12(15)17-11/h6,8-9,16-17H,3-5,7H2,1-2H3. The fourth-order valence-electron chi connectivity index (χ4n) is 2.35. The summed E-state index contributed by atoms with van der Waals surface area (Å²) in [6.45, 7) is 5.77. The zero-order valence-corrected chi connectivity index (χ0v) is 12.7. The molecule has 2 rings (SSSR count). The second kappa shape index (κ2) is 6.16. The predicted octanol–water partition coefficient (Wildman–Crippen LogP) is 2.92. The molecule has 1 amide bonds. The van der Waals surface area contributed by atoms with Crippen molar-refractivity contribution in [2.45, 2.75) is 38.8 Å². The first-order chi connectivity index (χ1) is 8.99. The Labute approximate surface area is 123 Å². The first-order valence-electron chi connectivity index (χ1n) is 6.57. The number of carbonyl (C=O) groups is 1. The highest BCUT2D eigenvalue weighted by molar-refractivity contribution is 6.41. The molecule has 2 N–H and O–H groups in total. The van der Waals surface area contributed by atoms with Gasteiger partial charge in [0.05, 0.1) is 5.02 Å². The van der Waals surface area contributed by atoms with Gasteiger partial charge in [-0.05, 0) is 39.3 Å². The lowest BCUT2D eigenvalue weighted by Crippen LogP contribution is -2.44. The topological polar surface area (TPSA) is 48.1 Å². The lowest BCUT2D eigenvalue weighted by Gasteiger charge is -2.29. The molecule has 0 bridgehead atoms. The van der Waals surface area contributed by atoms with Crippen LogP contribution in [-0.2, 0) is 0 Å². The van der Waals surface area contributed by atoms with Crippen LogP contribution in [0.4, 0.5) is 0 Å². The van der Waals surface area contributed by atoms with Crippen molar-refractivity contribution in [3.8, 4) is 0 Å². The summed E-state index contributed by atoms with van der Waals surface area (Å²) in [5, 5.41) is 4.10. The monoisotopic (exact) mass is 303 g/mol. The second-order valence-corrected chi connectivity index (χ2v) is 5.97. The van der Waals surface area contributed by atoms with Gasteiger partial charge in [-0.2, -0.15) is 0 Å². The third kappa shape index (κ3) is 3.44. The molecule has 6 heteroatoms. The van der Waals surface area contributed by atoms with Crippen LogP contribution in [0.3, 0.4) is 0 Å². The van der Waals surface area contributed by atoms with Gasteiger partial charge < -0.3 is 15.2 Å². The molecule has 1 aromatic rings. The molecule has 0 aromatic carbocycles. The maximum atomic E-state index is 12.5. The van der Waals surface area contributed by atoms with E-state index in [2.05, 4.69) is 10.3 Å². The quantitative estimate of drug-likeness (QED) is 0.898. The molecular formula is C13H19Cl2N3O. The van der Waals surface area contributed by atoms with Gasteiger partial charge in [0.2, 0.25) is 0 Å². The number of aromatic amines is 1. The van der Waals surface area contributed by atoms with Crippen molar-refractivity contribution in [1.82, 2.24) is 15.2 Å². The molecule has 4 nitrogen and oxygen atoms in total. The molecule has 1 unspecified atom stereocenters. The number of hydrogen-bond acceptors (Lipinski definition) is 2. The van der Waals surface area contributed by atoms with E-state index >= 15 is 0 Å². The fourth-order valence-corrected chi connectivity index (χ4v) is 2.66. The average Bonchev–Trinajstić information content (AvgIpc) is 2.96. The van der Waals surface area contributed by atoms with E-state index in [9.17, 15) is 4.79 Å². The van der Waals surface area contributed by atoms with Crippen LogP contribution in [0.5, 0.6) is 0 Å². The number of H-pyrrole nitrogens is 1. The van der Waals surface area contributed by atoms with Gasteiger partial charge >= 0.3 is 0 Å². The van der Waals surface area contributed by atoms with Crippen LogP contribution >= 0.6 is 23.2 Å². The van der Waals surface area contributed by atoms with Crippen molar-refractivity contribution in [3.05, 3.63) is 21.9 Å². The van der Waals surface area contributed by atoms with Gasteiger partial charge in [-0.3, -0.25) is 4.79 Å². The fraction of sp³-hybridized carbons (Fsp3) is 0.615. The summed E-state index contributed by atoms with van der Waals surface area (Å²) < 4.78 is 0. The van der Waals surface area contributed by atoms with E-state index in [1.807, 2.05) is 18.7 Å². The Morgan fingerprint density at radius 3 is 2.74 bits per heavy atom. The first-order valence-corrected chi connectivity index (χ1v) is 7.33. The van der Waals surface area contributed by atoms with Crippen LogP contribution in [-0.4, -0.2) is 41.0 Å². The Bertz CT molecular complexity index is 433. The van der Waals surface area contributed by atoms with Crippen molar-refractivity contribution in [2.24, 2.45) is 0 Å². The molecule has 19 heavy (non-hydrogen) atoms. The zero-order chi connectivity index (χ0) is 14.0. The third-order valence-electron chi connectivity index (χ3n) is 3.42. The maximum Gasteiger partial charge on any atom is 0.270 e. The largest absolute Gasteiger partial charge is 0.340 e. The predicted molar refractivity (Wildman–Crippen MR) is 78.0 cm³/mol. The highest BCUT2D eigenvalue weighted by Gasteiger charge is 2.25. The SMILES string of the molecule is CC(C)N(CC1CCCN1)C(=O)c1cc(Cl)c(Cl)[nH]1. The van der Waals surface area contributed by atoms with Gasteiger partial charge in [-0.15, -0.1) is 0 Å². The highest BCUT2D eigenvalue weighted by Crippen LogP contribution is 2.23. The molecule has 0 saturated carbocycles. The summed E-state index contributed by atoms with van der Waals surface area (Å²) in [6, 6.07) is 2.10. The van der Waals surface area contributed by atoms with E-state index in [4.69, 9.17) is 23.2 Å². The summed E-state index contributed by atoms with van der Waals surface area (Å²) in [5.41, 5.74) is 0.446. The van der Waals surface area contributed by atoms with Gasteiger partial charge in [-0.1, -0.05) is 23.2 Å². The lowest BCUT2D eigenvalue weighted by molar-refractivity contribution is 0.0684. The Hall–Kier alpha value is -0.710. The molecule has 1 atom stereocenters. The zero-order valence-electron chi connectivity index (χ0n) is 11.2. The maximum absolute atomic E-state index is 12.5. The number of carbonyl (C=O) groups excluding carboxylic acids is 1. The van der Waals surface area contributed by atoms with E-state index in [-0.39, 0.29) is 11.9 Å². The molecule has 1 aliphatic rings. The number of nitrogens with one attached hydrogen (secondary N) is 2. The third-order valence-corrected chi connectivity index (χ3v) is 4.11. The van der Waals surface area contributed by atoms with Crippen LogP contribution in [0, 0.1) is 0 Å². The number of halogens is 2. The van der Waals surface area contributed by atoms with Crippen LogP contribution in [0.1, 0.15) is 37.2 Å². The van der Waals surface area contributed by atoms with Crippen molar-refractivity contribution in [2.75, 3.05) is 13.1 Å². The van der Waals surface area contributed by atoms with Gasteiger partial charge in [0.25, 0.3) is 5.91 Å². The number of aromatic nitrogens is 1. The molecule has 1 fully saturated rings. The summed E-state index contributed by atoms with van der Waals surface area (Å²) >= 11 is 11.7. The molecule has 0 spiro atoms. The van der Waals surface area contributed by atoms with E-state index in [0.717, 1.165) is 13.0 Å². The van der Waals surface area contributed by atoms with E-state index in [1.165, 1.54) is 6.42 Å². The van der Waals surface area contributed by atoms with Gasteiger partial charge in [0.15, 0.2) is 0 Å². The Morgan fingerprint density at radius 1 is 1.53 bits per heavy atom. The minimum atomic E-state index is -0.0579. The van der Waals surface area contributed by atoms with Crippen LogP contribution in [0.15, 0.2) is 6.07 Å². The number of amides is 1.